The van der Waals surface area contributed by atoms with E-state index in [1.54, 1.807) is 6.92 Å². The molecule has 19 heavy (non-hydrogen) atoms. The minimum atomic E-state index is -0.945. The second-order valence-corrected chi connectivity index (χ2v) is 5.50. The fourth-order valence-electron chi connectivity index (χ4n) is 1.42. The van der Waals surface area contributed by atoms with Crippen LogP contribution in [0.1, 0.15) is 20.3 Å². The molecule has 6 heteroatoms. The highest BCUT2D eigenvalue weighted by molar-refractivity contribution is 7.99. The topological polar surface area (TPSA) is 55.1 Å². The highest BCUT2D eigenvalue weighted by Gasteiger charge is 2.30. The first-order valence-corrected chi connectivity index (χ1v) is 7.00. The molecular weight excluding hydrogens is 270 g/mol. The van der Waals surface area contributed by atoms with Gasteiger partial charge < -0.3 is 11.1 Å². The summed E-state index contributed by atoms with van der Waals surface area (Å²) in [6, 6.07) is 3.24. The summed E-state index contributed by atoms with van der Waals surface area (Å²) in [5.41, 5.74) is 4.42. The molecule has 1 rings (SSSR count). The largest absolute Gasteiger partial charge is 0.368 e. The maximum absolute atomic E-state index is 13.5. The van der Waals surface area contributed by atoms with E-state index < -0.39 is 23.1 Å². The summed E-state index contributed by atoms with van der Waals surface area (Å²) in [5, 5.41) is 3.04. The number of carbonyl (C=O) groups excluding carboxylic acids is 1. The summed E-state index contributed by atoms with van der Waals surface area (Å²) in [6.07, 6.45) is 0.849. The maximum Gasteiger partial charge on any atom is 0.238 e. The van der Waals surface area contributed by atoms with Gasteiger partial charge in [-0.15, -0.1) is 11.8 Å². The van der Waals surface area contributed by atoms with Crippen LogP contribution < -0.4 is 11.1 Å². The molecule has 3 N–H and O–H groups in total. The lowest BCUT2D eigenvalue weighted by atomic mass is 10.1. The summed E-state index contributed by atoms with van der Waals surface area (Å²) < 4.78 is 26.5. The minimum Gasteiger partial charge on any atom is -0.368 e. The number of nitrogens with two attached hydrogens (primary N) is 1. The smallest absolute Gasteiger partial charge is 0.238 e. The van der Waals surface area contributed by atoms with Gasteiger partial charge in [-0.1, -0.05) is 6.92 Å². The third-order valence-corrected chi connectivity index (χ3v) is 4.06. The zero-order valence-electron chi connectivity index (χ0n) is 11.0. The molecule has 0 saturated heterocycles. The maximum atomic E-state index is 13.5. The highest BCUT2D eigenvalue weighted by Crippen LogP contribution is 2.26. The van der Waals surface area contributed by atoms with Gasteiger partial charge in [-0.2, -0.15) is 0 Å². The van der Waals surface area contributed by atoms with Gasteiger partial charge in [0.15, 0.2) is 0 Å². The Bertz CT molecular complexity index is 456. The number of carbonyl (C=O) groups is 1. The molecule has 0 heterocycles. The third-order valence-electron chi connectivity index (χ3n) is 2.72. The van der Waals surface area contributed by atoms with Crippen molar-refractivity contribution < 1.29 is 13.6 Å². The van der Waals surface area contributed by atoms with Gasteiger partial charge in [0.25, 0.3) is 0 Å². The van der Waals surface area contributed by atoms with Crippen LogP contribution in [0, 0.1) is 11.6 Å². The number of hydrogen-bond donors (Lipinski definition) is 2. The number of halogens is 2. The second-order valence-electron chi connectivity index (χ2n) is 4.49. The van der Waals surface area contributed by atoms with Crippen LogP contribution in [0.15, 0.2) is 23.1 Å². The standard InChI is InChI=1S/C13H18F2N2OS/c1-3-6-17-13(2,12(16)18)8-19-11-7-9(14)4-5-10(11)15/h4-5,7,17H,3,6,8H2,1-2H3,(H2,16,18). The molecule has 1 unspecified atom stereocenters. The van der Waals surface area contributed by atoms with Crippen LogP contribution in [0.5, 0.6) is 0 Å². The summed E-state index contributed by atoms with van der Waals surface area (Å²) in [5.74, 6) is -1.28. The molecule has 0 bridgehead atoms. The molecule has 0 aliphatic carbocycles. The van der Waals surface area contributed by atoms with Crippen LogP contribution in [0.4, 0.5) is 8.78 Å². The van der Waals surface area contributed by atoms with Crippen molar-refractivity contribution >= 4 is 17.7 Å². The monoisotopic (exact) mass is 288 g/mol. The van der Waals surface area contributed by atoms with Gasteiger partial charge in [0.05, 0.1) is 0 Å². The van der Waals surface area contributed by atoms with E-state index in [0.29, 0.717) is 6.54 Å². The van der Waals surface area contributed by atoms with Crippen molar-refractivity contribution in [3.8, 4) is 0 Å². The Hall–Kier alpha value is -1.14. The second kappa shape index (κ2) is 6.86. The number of primary amides is 1. The lowest BCUT2D eigenvalue weighted by molar-refractivity contribution is -0.122. The SMILES string of the molecule is CCCNC(C)(CSc1cc(F)ccc1F)C(N)=O. The molecule has 1 aromatic rings. The molecule has 1 aromatic carbocycles. The van der Waals surface area contributed by atoms with Crippen LogP contribution in [0.3, 0.4) is 0 Å². The normalized spacial score (nSPS) is 14.1. The quantitative estimate of drug-likeness (QED) is 0.757. The van der Waals surface area contributed by atoms with Crippen molar-refractivity contribution in [2.45, 2.75) is 30.7 Å². The van der Waals surface area contributed by atoms with Crippen LogP contribution in [-0.4, -0.2) is 23.7 Å². The number of hydrogen-bond acceptors (Lipinski definition) is 3. The number of rotatable bonds is 7. The Balaban J connectivity index is 2.76. The number of nitrogens with one attached hydrogen (secondary N) is 1. The summed E-state index contributed by atoms with van der Waals surface area (Å²) in [7, 11) is 0. The first-order valence-electron chi connectivity index (χ1n) is 6.02. The van der Waals surface area contributed by atoms with Gasteiger partial charge in [-0.25, -0.2) is 8.78 Å². The van der Waals surface area contributed by atoms with Crippen molar-refractivity contribution in [2.75, 3.05) is 12.3 Å². The first-order chi connectivity index (χ1) is 8.89. The van der Waals surface area contributed by atoms with E-state index in [9.17, 15) is 13.6 Å². The van der Waals surface area contributed by atoms with Gasteiger partial charge in [-0.3, -0.25) is 4.79 Å². The molecule has 0 aromatic heterocycles. The van der Waals surface area contributed by atoms with Gasteiger partial charge in [0.1, 0.15) is 17.2 Å². The van der Waals surface area contributed by atoms with Gasteiger partial charge in [0, 0.05) is 10.6 Å². The predicted octanol–water partition coefficient (Wildman–Crippen LogP) is 2.30. The Labute approximate surface area is 115 Å². The van der Waals surface area contributed by atoms with Crippen molar-refractivity contribution in [2.24, 2.45) is 5.73 Å². The van der Waals surface area contributed by atoms with E-state index in [1.165, 1.54) is 0 Å². The van der Waals surface area contributed by atoms with Crippen LogP contribution >= 0.6 is 11.8 Å². The molecule has 1 amide bonds. The van der Waals surface area contributed by atoms with Gasteiger partial charge in [0.2, 0.25) is 5.91 Å². The lowest BCUT2D eigenvalue weighted by Crippen LogP contribution is -2.55. The minimum absolute atomic E-state index is 0.172. The Morgan fingerprint density at radius 1 is 1.47 bits per heavy atom. The van der Waals surface area contributed by atoms with Gasteiger partial charge >= 0.3 is 0 Å². The van der Waals surface area contributed by atoms with Crippen molar-refractivity contribution in [1.29, 1.82) is 0 Å². The van der Waals surface area contributed by atoms with Gasteiger partial charge in [-0.05, 0) is 38.1 Å². The average Bonchev–Trinajstić information content (AvgIpc) is 2.37. The predicted molar refractivity (Wildman–Crippen MR) is 73.0 cm³/mol. The Morgan fingerprint density at radius 3 is 2.74 bits per heavy atom. The van der Waals surface area contributed by atoms with Crippen molar-refractivity contribution in [1.82, 2.24) is 5.32 Å². The number of thioether (sulfide) groups is 1. The summed E-state index contributed by atoms with van der Waals surface area (Å²) in [4.78, 5) is 11.7. The molecule has 0 aliphatic heterocycles. The molecule has 0 radical (unpaired) electrons. The molecule has 106 valence electrons. The molecule has 0 aliphatic rings. The Morgan fingerprint density at radius 2 is 2.16 bits per heavy atom. The number of amides is 1. The zero-order valence-corrected chi connectivity index (χ0v) is 11.8. The van der Waals surface area contributed by atoms with E-state index >= 15 is 0 Å². The average molecular weight is 288 g/mol. The van der Waals surface area contributed by atoms with Crippen molar-refractivity contribution in [3.05, 3.63) is 29.8 Å². The lowest BCUT2D eigenvalue weighted by Gasteiger charge is -2.27. The fraction of sp³-hybridized carbons (Fsp3) is 0.462. The van der Waals surface area contributed by atoms with E-state index in [2.05, 4.69) is 5.32 Å². The van der Waals surface area contributed by atoms with Crippen molar-refractivity contribution in [3.63, 3.8) is 0 Å². The van der Waals surface area contributed by atoms with Crippen LogP contribution in [0.25, 0.3) is 0 Å². The van der Waals surface area contributed by atoms with E-state index in [1.807, 2.05) is 6.92 Å². The molecule has 0 fully saturated rings. The summed E-state index contributed by atoms with van der Waals surface area (Å²) in [6.45, 7) is 4.26. The third kappa shape index (κ3) is 4.47. The summed E-state index contributed by atoms with van der Waals surface area (Å²) >= 11 is 1.07. The molecule has 0 spiro atoms. The van der Waals surface area contributed by atoms with E-state index in [-0.39, 0.29) is 10.6 Å². The van der Waals surface area contributed by atoms with E-state index in [0.717, 1.165) is 36.4 Å². The van der Waals surface area contributed by atoms with Crippen LogP contribution in [0.2, 0.25) is 0 Å². The number of benzene rings is 1. The molecule has 0 saturated carbocycles. The highest BCUT2D eigenvalue weighted by atomic mass is 32.2. The van der Waals surface area contributed by atoms with Crippen LogP contribution in [-0.2, 0) is 4.79 Å². The molecular formula is C13H18F2N2OS. The first kappa shape index (κ1) is 15.9. The van der Waals surface area contributed by atoms with E-state index in [4.69, 9.17) is 5.73 Å². The Kier molecular flexibility index (Phi) is 5.75. The zero-order chi connectivity index (χ0) is 14.5. The molecule has 1 atom stereocenters. The molecule has 3 nitrogen and oxygen atoms in total. The fourth-order valence-corrected chi connectivity index (χ4v) is 2.51.